The Morgan fingerprint density at radius 1 is 1.22 bits per heavy atom. The SMILES string of the molecule is CN(C(=O)Cn1c(=O)cnc2ccccc21)[C@@H](c1ccc(F)cc1)C1CC1. The number of likely N-dealkylation sites (N-methyl/N-ethyl adjacent to an activating group) is 1. The van der Waals surface area contributed by atoms with Crippen molar-refractivity contribution in [3.8, 4) is 0 Å². The highest BCUT2D eigenvalue weighted by molar-refractivity contribution is 5.80. The Kier molecular flexibility index (Phi) is 4.48. The van der Waals surface area contributed by atoms with E-state index in [2.05, 4.69) is 4.98 Å². The predicted octanol–water partition coefficient (Wildman–Crippen LogP) is 3.15. The van der Waals surface area contributed by atoms with Crippen LogP contribution in [0, 0.1) is 11.7 Å². The molecule has 6 heteroatoms. The molecule has 5 nitrogen and oxygen atoms in total. The average molecular weight is 365 g/mol. The normalized spacial score (nSPS) is 14.9. The summed E-state index contributed by atoms with van der Waals surface area (Å²) in [5.41, 5.74) is 1.92. The van der Waals surface area contributed by atoms with Gasteiger partial charge in [0.2, 0.25) is 5.91 Å². The lowest BCUT2D eigenvalue weighted by atomic mass is 10.0. The zero-order valence-electron chi connectivity index (χ0n) is 15.0. The van der Waals surface area contributed by atoms with E-state index in [1.165, 1.54) is 22.9 Å². The average Bonchev–Trinajstić information content (AvgIpc) is 3.50. The van der Waals surface area contributed by atoms with Crippen molar-refractivity contribution < 1.29 is 9.18 Å². The Labute approximate surface area is 156 Å². The molecule has 1 fully saturated rings. The van der Waals surface area contributed by atoms with Crippen LogP contribution in [-0.4, -0.2) is 27.4 Å². The van der Waals surface area contributed by atoms with Crippen molar-refractivity contribution in [1.82, 2.24) is 14.5 Å². The number of rotatable bonds is 5. The van der Waals surface area contributed by atoms with Gasteiger partial charge in [-0.25, -0.2) is 9.37 Å². The first-order valence-electron chi connectivity index (χ1n) is 9.00. The molecule has 1 amide bonds. The van der Waals surface area contributed by atoms with E-state index in [-0.39, 0.29) is 29.9 Å². The smallest absolute Gasteiger partial charge is 0.269 e. The summed E-state index contributed by atoms with van der Waals surface area (Å²) in [6.45, 7) is -0.0528. The summed E-state index contributed by atoms with van der Waals surface area (Å²) >= 11 is 0. The molecule has 0 unspecified atom stereocenters. The third kappa shape index (κ3) is 3.47. The van der Waals surface area contributed by atoms with Crippen LogP contribution < -0.4 is 5.56 Å². The lowest BCUT2D eigenvalue weighted by molar-refractivity contribution is -0.133. The molecule has 0 spiro atoms. The molecule has 0 radical (unpaired) electrons. The molecule has 1 heterocycles. The second kappa shape index (κ2) is 6.95. The van der Waals surface area contributed by atoms with Crippen LogP contribution in [0.4, 0.5) is 4.39 Å². The number of aromatic nitrogens is 2. The van der Waals surface area contributed by atoms with E-state index in [1.807, 2.05) is 18.2 Å². The molecule has 0 N–H and O–H groups in total. The number of para-hydroxylation sites is 2. The van der Waals surface area contributed by atoms with Gasteiger partial charge >= 0.3 is 0 Å². The van der Waals surface area contributed by atoms with E-state index >= 15 is 0 Å². The van der Waals surface area contributed by atoms with Crippen molar-refractivity contribution in [2.24, 2.45) is 5.92 Å². The Balaban J connectivity index is 1.63. The summed E-state index contributed by atoms with van der Waals surface area (Å²) in [6.07, 6.45) is 3.32. The molecule has 3 aromatic rings. The number of hydrogen-bond donors (Lipinski definition) is 0. The van der Waals surface area contributed by atoms with Gasteiger partial charge in [-0.3, -0.25) is 14.2 Å². The molecule has 27 heavy (non-hydrogen) atoms. The van der Waals surface area contributed by atoms with Crippen LogP contribution in [0.2, 0.25) is 0 Å². The highest BCUT2D eigenvalue weighted by Crippen LogP contribution is 2.44. The van der Waals surface area contributed by atoms with Gasteiger partial charge in [0.05, 0.1) is 23.3 Å². The van der Waals surface area contributed by atoms with Crippen LogP contribution >= 0.6 is 0 Å². The molecular weight excluding hydrogens is 345 g/mol. The van der Waals surface area contributed by atoms with E-state index in [0.29, 0.717) is 17.0 Å². The van der Waals surface area contributed by atoms with Crippen molar-refractivity contribution in [2.45, 2.75) is 25.4 Å². The summed E-state index contributed by atoms with van der Waals surface area (Å²) in [7, 11) is 1.75. The number of fused-ring (bicyclic) bond motifs is 1. The summed E-state index contributed by atoms with van der Waals surface area (Å²) in [6, 6.07) is 13.5. The molecule has 4 rings (SSSR count). The topological polar surface area (TPSA) is 55.2 Å². The van der Waals surface area contributed by atoms with Crippen molar-refractivity contribution in [3.05, 3.63) is 76.5 Å². The Morgan fingerprint density at radius 2 is 1.93 bits per heavy atom. The summed E-state index contributed by atoms with van der Waals surface area (Å²) in [4.78, 5) is 31.1. The number of carbonyl (C=O) groups excluding carboxylic acids is 1. The Morgan fingerprint density at radius 3 is 2.63 bits per heavy atom. The zero-order chi connectivity index (χ0) is 19.0. The molecule has 0 bridgehead atoms. The molecule has 0 aliphatic heterocycles. The maximum atomic E-state index is 13.3. The fraction of sp³-hybridized carbons (Fsp3) is 0.286. The van der Waals surface area contributed by atoms with Gasteiger partial charge in [-0.05, 0) is 48.6 Å². The highest BCUT2D eigenvalue weighted by atomic mass is 19.1. The minimum atomic E-state index is -0.305. The fourth-order valence-corrected chi connectivity index (χ4v) is 3.56. The Hall–Kier alpha value is -3.02. The third-order valence-corrected chi connectivity index (χ3v) is 5.14. The first-order valence-corrected chi connectivity index (χ1v) is 9.00. The van der Waals surface area contributed by atoms with Gasteiger partial charge in [0, 0.05) is 7.05 Å². The van der Waals surface area contributed by atoms with Crippen LogP contribution in [-0.2, 0) is 11.3 Å². The number of benzene rings is 2. The molecule has 2 aromatic carbocycles. The molecule has 1 atom stereocenters. The van der Waals surface area contributed by atoms with Gasteiger partial charge in [-0.15, -0.1) is 0 Å². The molecule has 1 aromatic heterocycles. The second-order valence-corrected chi connectivity index (χ2v) is 7.01. The van der Waals surface area contributed by atoms with Gasteiger partial charge in [-0.2, -0.15) is 0 Å². The first kappa shape index (κ1) is 17.4. The zero-order valence-corrected chi connectivity index (χ0v) is 15.0. The van der Waals surface area contributed by atoms with Crippen LogP contribution in [0.1, 0.15) is 24.4 Å². The van der Waals surface area contributed by atoms with Crippen LogP contribution in [0.15, 0.2) is 59.5 Å². The second-order valence-electron chi connectivity index (χ2n) is 7.01. The number of nitrogens with zero attached hydrogens (tertiary/aromatic N) is 3. The van der Waals surface area contributed by atoms with Gasteiger partial charge in [0.25, 0.3) is 5.56 Å². The van der Waals surface area contributed by atoms with Gasteiger partial charge in [-0.1, -0.05) is 24.3 Å². The van der Waals surface area contributed by atoms with E-state index in [1.54, 1.807) is 30.1 Å². The largest absolute Gasteiger partial charge is 0.337 e. The lowest BCUT2D eigenvalue weighted by Crippen LogP contribution is -2.37. The van der Waals surface area contributed by atoms with E-state index in [4.69, 9.17) is 0 Å². The Bertz CT molecular complexity index is 1040. The van der Waals surface area contributed by atoms with Crippen molar-refractivity contribution in [3.63, 3.8) is 0 Å². The van der Waals surface area contributed by atoms with Crippen molar-refractivity contribution >= 4 is 16.9 Å². The van der Waals surface area contributed by atoms with Crippen LogP contribution in [0.3, 0.4) is 0 Å². The quantitative estimate of drug-likeness (QED) is 0.698. The first-order chi connectivity index (χ1) is 13.0. The monoisotopic (exact) mass is 365 g/mol. The lowest BCUT2D eigenvalue weighted by Gasteiger charge is -2.29. The molecule has 1 aliphatic rings. The minimum absolute atomic E-state index is 0.0528. The molecule has 138 valence electrons. The number of hydrogen-bond acceptors (Lipinski definition) is 3. The van der Waals surface area contributed by atoms with Crippen molar-refractivity contribution in [1.29, 1.82) is 0 Å². The molecule has 1 aliphatic carbocycles. The van der Waals surface area contributed by atoms with Gasteiger partial charge in [0.15, 0.2) is 0 Å². The predicted molar refractivity (Wildman–Crippen MR) is 101 cm³/mol. The highest BCUT2D eigenvalue weighted by Gasteiger charge is 2.37. The van der Waals surface area contributed by atoms with Crippen LogP contribution in [0.25, 0.3) is 11.0 Å². The summed E-state index contributed by atoms with van der Waals surface area (Å²) in [5, 5.41) is 0. The number of carbonyl (C=O) groups is 1. The number of halogens is 1. The van der Waals surface area contributed by atoms with Crippen molar-refractivity contribution in [2.75, 3.05) is 7.05 Å². The minimum Gasteiger partial charge on any atom is -0.337 e. The van der Waals surface area contributed by atoms with Gasteiger partial charge in [0.1, 0.15) is 12.4 Å². The molecular formula is C21H20FN3O2. The fourth-order valence-electron chi connectivity index (χ4n) is 3.56. The molecule has 0 saturated heterocycles. The third-order valence-electron chi connectivity index (χ3n) is 5.14. The maximum Gasteiger partial charge on any atom is 0.269 e. The van der Waals surface area contributed by atoms with E-state index in [0.717, 1.165) is 18.4 Å². The van der Waals surface area contributed by atoms with E-state index in [9.17, 15) is 14.0 Å². The number of amides is 1. The summed E-state index contributed by atoms with van der Waals surface area (Å²) < 4.78 is 14.7. The standard InChI is InChI=1S/C21H20FN3O2/c1-24(21(14-6-7-14)15-8-10-16(22)11-9-15)20(27)13-25-18-5-3-2-4-17(18)23-12-19(25)26/h2-5,8-12,14,21H,6-7,13H2,1H3/t21-/m1/s1. The molecule has 1 saturated carbocycles. The van der Waals surface area contributed by atoms with Crippen LogP contribution in [0.5, 0.6) is 0 Å². The van der Waals surface area contributed by atoms with E-state index < -0.39 is 0 Å². The maximum absolute atomic E-state index is 13.3. The summed E-state index contributed by atoms with van der Waals surface area (Å²) in [5.74, 6) is -0.0814. The van der Waals surface area contributed by atoms with Gasteiger partial charge < -0.3 is 4.90 Å².